The van der Waals surface area contributed by atoms with Crippen LogP contribution in [0.25, 0.3) is 0 Å². The summed E-state index contributed by atoms with van der Waals surface area (Å²) in [6, 6.07) is 4.45. The minimum Gasteiger partial charge on any atom is -0.464 e. The van der Waals surface area contributed by atoms with E-state index >= 15 is 0 Å². The number of nitrogens with one attached hydrogen (secondary N) is 1. The molecule has 0 fully saturated rings. The van der Waals surface area contributed by atoms with Gasteiger partial charge in [0.05, 0.1) is 6.61 Å². The maximum absolute atomic E-state index is 12.2. The molecule has 1 aromatic carbocycles. The minimum absolute atomic E-state index is 0.241. The van der Waals surface area contributed by atoms with Crippen LogP contribution in [-0.2, 0) is 9.53 Å². The van der Waals surface area contributed by atoms with Crippen molar-refractivity contribution in [3.63, 3.8) is 0 Å². The first kappa shape index (κ1) is 16.7. The smallest absolute Gasteiger partial charge is 0.328 e. The first-order chi connectivity index (χ1) is 9.99. The molecule has 0 saturated carbocycles. The van der Waals surface area contributed by atoms with Crippen molar-refractivity contribution in [1.82, 2.24) is 5.32 Å². The molecule has 0 heterocycles. The number of ether oxygens (including phenoxy) is 1. The number of carbonyl (C=O) groups is 2. The molecule has 0 aliphatic heterocycles. The Kier molecular flexibility index (Phi) is 6.44. The summed E-state index contributed by atoms with van der Waals surface area (Å²) in [7, 11) is 0. The zero-order valence-electron chi connectivity index (χ0n) is 12.4. The summed E-state index contributed by atoms with van der Waals surface area (Å²) in [5, 5.41) is 11.3. The summed E-state index contributed by atoms with van der Waals surface area (Å²) in [6.45, 7) is 5.10. The topological polar surface area (TPSA) is 75.6 Å². The second-order valence-corrected chi connectivity index (χ2v) is 4.44. The summed E-state index contributed by atoms with van der Waals surface area (Å²) in [5.74, 6) is 4.43. The molecule has 0 bridgehead atoms. The minimum atomic E-state index is -0.718. The van der Waals surface area contributed by atoms with E-state index in [-0.39, 0.29) is 19.1 Å². The highest BCUT2D eigenvalue weighted by Gasteiger charge is 2.18. The molecule has 112 valence electrons. The molecule has 5 heteroatoms. The number of hydrogen-bond acceptors (Lipinski definition) is 4. The molecule has 0 aliphatic carbocycles. The van der Waals surface area contributed by atoms with Crippen molar-refractivity contribution in [2.45, 2.75) is 26.8 Å². The number of esters is 1. The Morgan fingerprint density at radius 3 is 2.76 bits per heavy atom. The molecule has 1 rings (SSSR count). The van der Waals surface area contributed by atoms with Crippen LogP contribution in [0.2, 0.25) is 0 Å². The van der Waals surface area contributed by atoms with E-state index in [9.17, 15) is 9.59 Å². The lowest BCUT2D eigenvalue weighted by Crippen LogP contribution is -2.39. The molecule has 5 nitrogen and oxygen atoms in total. The molecule has 0 saturated heterocycles. The van der Waals surface area contributed by atoms with Gasteiger partial charge in [0.2, 0.25) is 0 Å². The molecule has 21 heavy (non-hydrogen) atoms. The van der Waals surface area contributed by atoms with Gasteiger partial charge in [0.15, 0.2) is 0 Å². The molecule has 1 atom stereocenters. The van der Waals surface area contributed by atoms with Crippen molar-refractivity contribution in [3.05, 3.63) is 34.9 Å². The van der Waals surface area contributed by atoms with Gasteiger partial charge in [-0.3, -0.25) is 4.79 Å². The maximum atomic E-state index is 12.2. The largest absolute Gasteiger partial charge is 0.464 e. The second kappa shape index (κ2) is 8.08. The lowest BCUT2D eigenvalue weighted by Gasteiger charge is -2.13. The van der Waals surface area contributed by atoms with Crippen molar-refractivity contribution >= 4 is 11.9 Å². The molecule has 2 N–H and O–H groups in total. The number of benzene rings is 1. The number of carbonyl (C=O) groups excluding carboxylic acids is 2. The van der Waals surface area contributed by atoms with Crippen LogP contribution < -0.4 is 5.32 Å². The summed E-state index contributed by atoms with van der Waals surface area (Å²) in [4.78, 5) is 23.7. The van der Waals surface area contributed by atoms with Gasteiger partial charge in [0, 0.05) is 11.1 Å². The van der Waals surface area contributed by atoms with Gasteiger partial charge in [-0.05, 0) is 38.5 Å². The van der Waals surface area contributed by atoms with Crippen LogP contribution in [0.5, 0.6) is 0 Å². The Morgan fingerprint density at radius 1 is 1.43 bits per heavy atom. The van der Waals surface area contributed by atoms with Gasteiger partial charge in [-0.1, -0.05) is 17.9 Å². The zero-order valence-corrected chi connectivity index (χ0v) is 12.4. The number of amides is 1. The van der Waals surface area contributed by atoms with E-state index in [2.05, 4.69) is 17.2 Å². The predicted molar refractivity (Wildman–Crippen MR) is 78.7 cm³/mol. The highest BCUT2D eigenvalue weighted by Crippen LogP contribution is 2.11. The zero-order chi connectivity index (χ0) is 15.8. The normalized spacial score (nSPS) is 11.0. The first-order valence-electron chi connectivity index (χ1n) is 6.67. The van der Waals surface area contributed by atoms with Crippen molar-refractivity contribution in [2.75, 3.05) is 13.2 Å². The Morgan fingerprint density at radius 2 is 2.14 bits per heavy atom. The van der Waals surface area contributed by atoms with E-state index in [0.29, 0.717) is 11.1 Å². The monoisotopic (exact) mass is 289 g/mol. The molecule has 0 aliphatic rings. The predicted octanol–water partition coefficient (Wildman–Crippen LogP) is 1.02. The van der Waals surface area contributed by atoms with Gasteiger partial charge in [-0.2, -0.15) is 0 Å². The fraction of sp³-hybridized carbons (Fsp3) is 0.375. The fourth-order valence-corrected chi connectivity index (χ4v) is 1.69. The van der Waals surface area contributed by atoms with Gasteiger partial charge in [0.25, 0.3) is 5.91 Å². The molecule has 1 aromatic rings. The van der Waals surface area contributed by atoms with E-state index < -0.39 is 12.0 Å². The van der Waals surface area contributed by atoms with Crippen molar-refractivity contribution < 1.29 is 19.4 Å². The molecule has 1 unspecified atom stereocenters. The van der Waals surface area contributed by atoms with E-state index in [1.807, 2.05) is 0 Å². The first-order valence-corrected chi connectivity index (χ1v) is 6.67. The van der Waals surface area contributed by atoms with Crippen LogP contribution in [0.3, 0.4) is 0 Å². The molecule has 1 amide bonds. The molecule has 0 aromatic heterocycles. The Labute approximate surface area is 124 Å². The molecular weight excluding hydrogens is 270 g/mol. The van der Waals surface area contributed by atoms with Crippen LogP contribution in [0.4, 0.5) is 0 Å². The van der Waals surface area contributed by atoms with E-state index in [1.54, 1.807) is 39.0 Å². The van der Waals surface area contributed by atoms with Gasteiger partial charge in [-0.25, -0.2) is 4.79 Å². The maximum Gasteiger partial charge on any atom is 0.328 e. The standard InChI is InChI=1S/C16H19NO4/c1-4-21-16(20)12(3)17-15(19)14-10-13(6-5-9-18)8-7-11(14)2/h7-8,10,12,18H,4,9H2,1-3H3,(H,17,19). The van der Waals surface area contributed by atoms with Gasteiger partial charge in [0.1, 0.15) is 12.6 Å². The molecule has 0 spiro atoms. The van der Waals surface area contributed by atoms with Crippen LogP contribution >= 0.6 is 0 Å². The van der Waals surface area contributed by atoms with Gasteiger partial charge < -0.3 is 15.2 Å². The summed E-state index contributed by atoms with van der Waals surface area (Å²) in [6.07, 6.45) is 0. The number of aliphatic hydroxyl groups is 1. The van der Waals surface area contributed by atoms with E-state index in [1.165, 1.54) is 0 Å². The van der Waals surface area contributed by atoms with Gasteiger partial charge in [-0.15, -0.1) is 0 Å². The number of aryl methyl sites for hydroxylation is 1. The fourth-order valence-electron chi connectivity index (χ4n) is 1.69. The average Bonchev–Trinajstić information content (AvgIpc) is 2.46. The molecule has 0 radical (unpaired) electrons. The van der Waals surface area contributed by atoms with E-state index in [4.69, 9.17) is 9.84 Å². The third-order valence-corrected chi connectivity index (χ3v) is 2.78. The average molecular weight is 289 g/mol. The number of aliphatic hydroxyl groups excluding tert-OH is 1. The van der Waals surface area contributed by atoms with Crippen molar-refractivity contribution in [1.29, 1.82) is 0 Å². The van der Waals surface area contributed by atoms with Gasteiger partial charge >= 0.3 is 5.97 Å². The van der Waals surface area contributed by atoms with Crippen molar-refractivity contribution in [2.24, 2.45) is 0 Å². The highest BCUT2D eigenvalue weighted by atomic mass is 16.5. The quantitative estimate of drug-likeness (QED) is 0.641. The second-order valence-electron chi connectivity index (χ2n) is 4.44. The Bertz CT molecular complexity index is 584. The SMILES string of the molecule is CCOC(=O)C(C)NC(=O)c1cc(C#CCO)ccc1C. The van der Waals surface area contributed by atoms with Crippen LogP contribution in [0, 0.1) is 18.8 Å². The third-order valence-electron chi connectivity index (χ3n) is 2.78. The number of hydrogen-bond donors (Lipinski definition) is 2. The van der Waals surface area contributed by atoms with E-state index in [0.717, 1.165) is 5.56 Å². The van der Waals surface area contributed by atoms with Crippen molar-refractivity contribution in [3.8, 4) is 11.8 Å². The lowest BCUT2D eigenvalue weighted by atomic mass is 10.0. The third kappa shape index (κ3) is 4.93. The molecular formula is C16H19NO4. The highest BCUT2D eigenvalue weighted by molar-refractivity contribution is 5.98. The summed E-state index contributed by atoms with van der Waals surface area (Å²) in [5.41, 5.74) is 1.84. The summed E-state index contributed by atoms with van der Waals surface area (Å²) >= 11 is 0. The Balaban J connectivity index is 2.89. The van der Waals surface area contributed by atoms with Crippen LogP contribution in [-0.4, -0.2) is 36.2 Å². The van der Waals surface area contributed by atoms with Crippen LogP contribution in [0.1, 0.15) is 35.3 Å². The van der Waals surface area contributed by atoms with Crippen LogP contribution in [0.15, 0.2) is 18.2 Å². The summed E-state index contributed by atoms with van der Waals surface area (Å²) < 4.78 is 4.84. The Hall–Kier alpha value is -2.32. The number of rotatable bonds is 4. The lowest BCUT2D eigenvalue weighted by molar-refractivity contribution is -0.144.